The summed E-state index contributed by atoms with van der Waals surface area (Å²) in [6, 6.07) is 6.59. The summed E-state index contributed by atoms with van der Waals surface area (Å²) in [5.41, 5.74) is 0.922. The van der Waals surface area contributed by atoms with Gasteiger partial charge >= 0.3 is 17.8 Å². The van der Waals surface area contributed by atoms with Crippen LogP contribution in [-0.2, 0) is 20.8 Å². The molecule has 0 atom stereocenters. The number of benzene rings is 1. The average molecular weight is 345 g/mol. The van der Waals surface area contributed by atoms with E-state index in [1.165, 1.54) is 6.08 Å². The first kappa shape index (κ1) is 18.2. The number of ether oxygens (including phenoxy) is 1. The molecule has 1 heterocycles. The van der Waals surface area contributed by atoms with E-state index in [4.69, 9.17) is 4.74 Å². The van der Waals surface area contributed by atoms with Crippen LogP contribution in [0.3, 0.4) is 0 Å². The number of urea groups is 1. The summed E-state index contributed by atoms with van der Waals surface area (Å²) in [5, 5.41) is 2.62. The van der Waals surface area contributed by atoms with Gasteiger partial charge in [0.25, 0.3) is 0 Å². The Morgan fingerprint density at radius 1 is 1.20 bits per heavy atom. The molecule has 0 spiro atoms. The predicted molar refractivity (Wildman–Crippen MR) is 88.7 cm³/mol. The second-order valence-corrected chi connectivity index (χ2v) is 5.29. The van der Waals surface area contributed by atoms with Crippen LogP contribution in [0, 0.1) is 0 Å². The van der Waals surface area contributed by atoms with E-state index in [-0.39, 0.29) is 6.54 Å². The molecule has 1 saturated heterocycles. The van der Waals surface area contributed by atoms with Crippen LogP contribution in [0.2, 0.25) is 0 Å². The number of hydrogen-bond donors (Lipinski definition) is 1. The van der Waals surface area contributed by atoms with Crippen LogP contribution < -0.4 is 10.1 Å². The lowest BCUT2D eigenvalue weighted by Crippen LogP contribution is -2.42. The molecule has 1 aliphatic heterocycles. The van der Waals surface area contributed by atoms with Crippen molar-refractivity contribution in [1.29, 1.82) is 0 Å². The third-order valence-electron chi connectivity index (χ3n) is 3.66. The van der Waals surface area contributed by atoms with Gasteiger partial charge in [0.15, 0.2) is 0 Å². The first-order valence-corrected chi connectivity index (χ1v) is 7.66. The fraction of sp³-hybridized carbons (Fsp3) is 0.294. The normalized spacial score (nSPS) is 14.0. The Kier molecular flexibility index (Phi) is 5.89. The molecular weight excluding hydrogens is 326 g/mol. The number of amides is 5. The number of imide groups is 2. The summed E-state index contributed by atoms with van der Waals surface area (Å²) in [7, 11) is 1.56. The highest BCUT2D eigenvalue weighted by molar-refractivity contribution is 6.45. The van der Waals surface area contributed by atoms with E-state index in [1.54, 1.807) is 7.11 Å². The highest BCUT2D eigenvalue weighted by atomic mass is 16.5. The van der Waals surface area contributed by atoms with Crippen molar-refractivity contribution in [2.45, 2.75) is 6.42 Å². The zero-order valence-corrected chi connectivity index (χ0v) is 13.9. The Bertz CT molecular complexity index is 716. The molecule has 0 aliphatic carbocycles. The average Bonchev–Trinajstić information content (AvgIpc) is 2.80. The van der Waals surface area contributed by atoms with E-state index in [2.05, 4.69) is 11.9 Å². The van der Waals surface area contributed by atoms with Crippen LogP contribution in [-0.4, -0.2) is 60.3 Å². The van der Waals surface area contributed by atoms with Crippen molar-refractivity contribution < 1.29 is 23.9 Å². The molecule has 0 saturated carbocycles. The van der Waals surface area contributed by atoms with Crippen LogP contribution >= 0.6 is 0 Å². The topological polar surface area (TPSA) is 96.0 Å². The van der Waals surface area contributed by atoms with Crippen LogP contribution in [0.4, 0.5) is 4.79 Å². The summed E-state index contributed by atoms with van der Waals surface area (Å²) in [4.78, 5) is 48.8. The molecule has 0 unspecified atom stereocenters. The number of hydrogen-bond acceptors (Lipinski definition) is 5. The molecule has 1 N–H and O–H groups in total. The zero-order chi connectivity index (χ0) is 18.4. The molecule has 2 rings (SSSR count). The van der Waals surface area contributed by atoms with Crippen molar-refractivity contribution in [3.05, 3.63) is 42.5 Å². The molecule has 1 aromatic rings. The van der Waals surface area contributed by atoms with Gasteiger partial charge in [0.1, 0.15) is 12.3 Å². The van der Waals surface area contributed by atoms with Gasteiger partial charge < -0.3 is 10.1 Å². The molecule has 8 nitrogen and oxygen atoms in total. The van der Waals surface area contributed by atoms with E-state index in [0.29, 0.717) is 23.6 Å². The molecule has 0 bridgehead atoms. The van der Waals surface area contributed by atoms with Gasteiger partial charge in [-0.2, -0.15) is 0 Å². The fourth-order valence-corrected chi connectivity index (χ4v) is 2.43. The standard InChI is InChI=1S/C17H19N3O5/c1-3-10-19-15(22)16(23)20(17(19)24)11-14(21)18-9-8-12-6-4-5-7-13(12)25-2/h3-7H,1,8-11H2,2H3,(H,18,21). The molecule has 132 valence electrons. The minimum Gasteiger partial charge on any atom is -0.496 e. The van der Waals surface area contributed by atoms with Crippen LogP contribution in [0.1, 0.15) is 5.56 Å². The van der Waals surface area contributed by atoms with Gasteiger partial charge in [-0.25, -0.2) is 9.69 Å². The molecule has 1 aliphatic rings. The third-order valence-corrected chi connectivity index (χ3v) is 3.66. The van der Waals surface area contributed by atoms with Gasteiger partial charge in [-0.05, 0) is 18.1 Å². The molecule has 8 heteroatoms. The Morgan fingerprint density at radius 2 is 1.88 bits per heavy atom. The molecule has 5 amide bonds. The Balaban J connectivity index is 1.88. The van der Waals surface area contributed by atoms with Crippen molar-refractivity contribution in [1.82, 2.24) is 15.1 Å². The largest absolute Gasteiger partial charge is 0.496 e. The van der Waals surface area contributed by atoms with Gasteiger partial charge in [0.05, 0.1) is 7.11 Å². The molecule has 25 heavy (non-hydrogen) atoms. The van der Waals surface area contributed by atoms with E-state index < -0.39 is 30.3 Å². The van der Waals surface area contributed by atoms with Crippen molar-refractivity contribution >= 4 is 23.8 Å². The zero-order valence-electron chi connectivity index (χ0n) is 13.9. The van der Waals surface area contributed by atoms with E-state index in [9.17, 15) is 19.2 Å². The second kappa shape index (κ2) is 8.09. The number of nitrogens with zero attached hydrogens (tertiary/aromatic N) is 2. The maximum absolute atomic E-state index is 12.0. The highest BCUT2D eigenvalue weighted by Gasteiger charge is 2.44. The maximum Gasteiger partial charge on any atom is 0.335 e. The summed E-state index contributed by atoms with van der Waals surface area (Å²) >= 11 is 0. The first-order chi connectivity index (χ1) is 12.0. The van der Waals surface area contributed by atoms with Crippen molar-refractivity contribution in [2.75, 3.05) is 26.7 Å². The predicted octanol–water partition coefficient (Wildman–Crippen LogP) is 0.331. The monoisotopic (exact) mass is 345 g/mol. The van der Waals surface area contributed by atoms with Crippen LogP contribution in [0.15, 0.2) is 36.9 Å². The fourth-order valence-electron chi connectivity index (χ4n) is 2.43. The maximum atomic E-state index is 12.0. The molecule has 0 radical (unpaired) electrons. The number of rotatable bonds is 8. The van der Waals surface area contributed by atoms with Crippen molar-refractivity contribution in [3.63, 3.8) is 0 Å². The lowest BCUT2D eigenvalue weighted by Gasteiger charge is -2.14. The summed E-state index contributed by atoms with van der Waals surface area (Å²) in [5.74, 6) is -1.77. The molecular formula is C17H19N3O5. The minimum atomic E-state index is -1.01. The minimum absolute atomic E-state index is 0.0741. The smallest absolute Gasteiger partial charge is 0.335 e. The number of carbonyl (C=O) groups is 4. The van der Waals surface area contributed by atoms with Crippen molar-refractivity contribution in [3.8, 4) is 5.75 Å². The summed E-state index contributed by atoms with van der Waals surface area (Å²) in [6.45, 7) is 3.16. The SMILES string of the molecule is C=CCN1C(=O)C(=O)N(CC(=O)NCCc2ccccc2OC)C1=O. The van der Waals surface area contributed by atoms with Gasteiger partial charge in [0.2, 0.25) is 5.91 Å². The van der Waals surface area contributed by atoms with E-state index in [1.807, 2.05) is 24.3 Å². The van der Waals surface area contributed by atoms with E-state index in [0.717, 1.165) is 10.5 Å². The number of methoxy groups -OCH3 is 1. The molecule has 1 fully saturated rings. The van der Waals surface area contributed by atoms with Crippen molar-refractivity contribution in [2.24, 2.45) is 0 Å². The summed E-state index contributed by atoms with van der Waals surface area (Å²) < 4.78 is 5.22. The number of carbonyl (C=O) groups excluding carboxylic acids is 4. The Morgan fingerprint density at radius 3 is 2.56 bits per heavy atom. The number of nitrogens with one attached hydrogen (secondary N) is 1. The van der Waals surface area contributed by atoms with Gasteiger partial charge in [-0.3, -0.25) is 19.3 Å². The van der Waals surface area contributed by atoms with E-state index >= 15 is 0 Å². The first-order valence-electron chi connectivity index (χ1n) is 7.66. The Hall–Kier alpha value is -3.16. The molecule has 0 aromatic heterocycles. The quantitative estimate of drug-likeness (QED) is 0.416. The van der Waals surface area contributed by atoms with Gasteiger partial charge in [-0.1, -0.05) is 24.3 Å². The lowest BCUT2D eigenvalue weighted by atomic mass is 10.1. The van der Waals surface area contributed by atoms with Gasteiger partial charge in [0, 0.05) is 13.1 Å². The van der Waals surface area contributed by atoms with Crippen LogP contribution in [0.5, 0.6) is 5.75 Å². The van der Waals surface area contributed by atoms with Gasteiger partial charge in [-0.15, -0.1) is 6.58 Å². The highest BCUT2D eigenvalue weighted by Crippen LogP contribution is 2.17. The third kappa shape index (κ3) is 4.03. The number of para-hydroxylation sites is 1. The second-order valence-electron chi connectivity index (χ2n) is 5.29. The Labute approximate surface area is 145 Å². The lowest BCUT2D eigenvalue weighted by molar-refractivity contribution is -0.143. The van der Waals surface area contributed by atoms with Crippen LogP contribution in [0.25, 0.3) is 0 Å². The molecule has 1 aromatic carbocycles. The summed E-state index contributed by atoms with van der Waals surface area (Å²) in [6.07, 6.45) is 1.86.